The molecule has 0 amide bonds. The molecule has 1 aliphatic rings. The number of nitrogens with zero attached hydrogens (tertiary/aromatic N) is 1. The van der Waals surface area contributed by atoms with Crippen molar-refractivity contribution < 1.29 is 9.53 Å². The number of hydrogen-bond donors (Lipinski definition) is 0. The van der Waals surface area contributed by atoms with Crippen molar-refractivity contribution >= 4 is 20.7 Å². The molecule has 3 nitrogen and oxygen atoms in total. The molecule has 0 bridgehead atoms. The van der Waals surface area contributed by atoms with Crippen molar-refractivity contribution in [3.63, 3.8) is 0 Å². The van der Waals surface area contributed by atoms with Crippen LogP contribution in [0.3, 0.4) is 0 Å². The maximum atomic E-state index is 10.6. The Bertz CT molecular complexity index is 188. The molecule has 1 rings (SSSR count). The second kappa shape index (κ2) is 6.33. The molecule has 0 aromatic heterocycles. The standard InChI is InChI=1S/C9H15NO2Se/c1-9(11)2-7-13-8-10-3-5-12-6-4-10/h2,7H,3-6,8H2,1H3/b7-2+. The van der Waals surface area contributed by atoms with Crippen LogP contribution in [0.25, 0.3) is 0 Å². The molecule has 1 heterocycles. The first kappa shape index (κ1) is 10.9. The second-order valence-electron chi connectivity index (χ2n) is 2.94. The van der Waals surface area contributed by atoms with Crippen molar-refractivity contribution in [3.8, 4) is 0 Å². The Morgan fingerprint density at radius 1 is 1.54 bits per heavy atom. The van der Waals surface area contributed by atoms with E-state index >= 15 is 0 Å². The molecule has 1 saturated heterocycles. The van der Waals surface area contributed by atoms with E-state index in [0.717, 1.165) is 31.7 Å². The van der Waals surface area contributed by atoms with Crippen molar-refractivity contribution in [2.45, 2.75) is 6.92 Å². The van der Waals surface area contributed by atoms with E-state index in [-0.39, 0.29) is 5.78 Å². The van der Waals surface area contributed by atoms with Crippen molar-refractivity contribution in [1.29, 1.82) is 0 Å². The Balaban J connectivity index is 2.07. The van der Waals surface area contributed by atoms with E-state index in [1.807, 2.05) is 4.97 Å². The average Bonchev–Trinajstić information content (AvgIpc) is 2.14. The molecule has 1 fully saturated rings. The number of ketones is 1. The van der Waals surface area contributed by atoms with Gasteiger partial charge >= 0.3 is 84.9 Å². The van der Waals surface area contributed by atoms with E-state index in [9.17, 15) is 4.79 Å². The fourth-order valence-electron chi connectivity index (χ4n) is 1.02. The first-order valence-corrected chi connectivity index (χ1v) is 6.58. The number of allylic oxidation sites excluding steroid dienone is 1. The van der Waals surface area contributed by atoms with Crippen LogP contribution in [0, 0.1) is 0 Å². The first-order valence-electron chi connectivity index (χ1n) is 4.38. The third kappa shape index (κ3) is 5.21. The normalized spacial score (nSPS) is 19.5. The third-order valence-corrected chi connectivity index (χ3v) is 3.53. The Morgan fingerprint density at radius 2 is 2.23 bits per heavy atom. The minimum atomic E-state index is 0.142. The molecule has 74 valence electrons. The van der Waals surface area contributed by atoms with Gasteiger partial charge in [0.25, 0.3) is 0 Å². The van der Waals surface area contributed by atoms with Crippen LogP contribution in [0.15, 0.2) is 11.1 Å². The monoisotopic (exact) mass is 249 g/mol. The number of rotatable bonds is 4. The molecule has 0 spiro atoms. The Hall–Kier alpha value is -0.151. The molecular formula is C9H15NO2Se. The van der Waals surface area contributed by atoms with Gasteiger partial charge in [-0.3, -0.25) is 0 Å². The summed E-state index contributed by atoms with van der Waals surface area (Å²) in [5.74, 6) is 0.142. The quantitative estimate of drug-likeness (QED) is 0.521. The summed E-state index contributed by atoms with van der Waals surface area (Å²) in [5.41, 5.74) is 1.10. The molecule has 0 unspecified atom stereocenters. The summed E-state index contributed by atoms with van der Waals surface area (Å²) in [4.78, 5) is 15.0. The predicted molar refractivity (Wildman–Crippen MR) is 52.8 cm³/mol. The van der Waals surface area contributed by atoms with Gasteiger partial charge in [-0.15, -0.1) is 0 Å². The summed E-state index contributed by atoms with van der Waals surface area (Å²) in [5, 5.41) is 0. The van der Waals surface area contributed by atoms with Crippen molar-refractivity contribution in [2.24, 2.45) is 0 Å². The summed E-state index contributed by atoms with van der Waals surface area (Å²) in [6.45, 7) is 5.37. The summed E-state index contributed by atoms with van der Waals surface area (Å²) in [6, 6.07) is 0. The number of carbonyl (C=O) groups is 1. The van der Waals surface area contributed by atoms with Crippen LogP contribution in [0.2, 0.25) is 0 Å². The van der Waals surface area contributed by atoms with Gasteiger partial charge in [0.05, 0.1) is 0 Å². The molecule has 0 aromatic rings. The molecule has 0 radical (unpaired) electrons. The van der Waals surface area contributed by atoms with Gasteiger partial charge in [0.2, 0.25) is 0 Å². The summed E-state index contributed by atoms with van der Waals surface area (Å²) >= 11 is 0.434. The van der Waals surface area contributed by atoms with E-state index in [4.69, 9.17) is 4.74 Å². The second-order valence-corrected chi connectivity index (χ2v) is 4.75. The van der Waals surface area contributed by atoms with Crippen LogP contribution in [0.1, 0.15) is 6.92 Å². The van der Waals surface area contributed by atoms with Crippen LogP contribution >= 0.6 is 0 Å². The third-order valence-electron chi connectivity index (χ3n) is 1.76. The Labute approximate surface area is 85.3 Å². The Morgan fingerprint density at radius 3 is 2.85 bits per heavy atom. The zero-order valence-electron chi connectivity index (χ0n) is 7.86. The molecule has 0 aromatic carbocycles. The van der Waals surface area contributed by atoms with E-state index in [2.05, 4.69) is 4.90 Å². The predicted octanol–water partition coefficient (Wildman–Crippen LogP) is 0.0830. The van der Waals surface area contributed by atoms with Crippen molar-refractivity contribution in [2.75, 3.05) is 31.7 Å². The van der Waals surface area contributed by atoms with Crippen LogP contribution in [0.4, 0.5) is 0 Å². The van der Waals surface area contributed by atoms with Gasteiger partial charge in [-0.05, 0) is 0 Å². The average molecular weight is 248 g/mol. The number of ether oxygens (including phenoxy) is 1. The van der Waals surface area contributed by atoms with Gasteiger partial charge in [0.1, 0.15) is 0 Å². The van der Waals surface area contributed by atoms with Gasteiger partial charge in [0, 0.05) is 0 Å². The molecule has 0 N–H and O–H groups in total. The number of hydrogen-bond acceptors (Lipinski definition) is 3. The van der Waals surface area contributed by atoms with Gasteiger partial charge < -0.3 is 0 Å². The molecule has 0 atom stereocenters. The molecule has 0 saturated carbocycles. The fourth-order valence-corrected chi connectivity index (χ4v) is 2.79. The van der Waals surface area contributed by atoms with Crippen LogP contribution in [-0.2, 0) is 9.53 Å². The topological polar surface area (TPSA) is 29.5 Å². The van der Waals surface area contributed by atoms with Crippen LogP contribution < -0.4 is 0 Å². The van der Waals surface area contributed by atoms with E-state index in [0.29, 0.717) is 15.0 Å². The number of carbonyl (C=O) groups excluding carboxylic acids is 1. The van der Waals surface area contributed by atoms with Crippen molar-refractivity contribution in [3.05, 3.63) is 11.1 Å². The summed E-state index contributed by atoms with van der Waals surface area (Å²) in [6.07, 6.45) is 1.67. The van der Waals surface area contributed by atoms with E-state index in [1.165, 1.54) is 0 Å². The molecule has 1 aliphatic heterocycles. The molecule has 0 aliphatic carbocycles. The zero-order chi connectivity index (χ0) is 9.52. The van der Waals surface area contributed by atoms with Gasteiger partial charge in [0.15, 0.2) is 0 Å². The van der Waals surface area contributed by atoms with E-state index < -0.39 is 0 Å². The minimum absolute atomic E-state index is 0.142. The SMILES string of the molecule is CC(=O)/C=C/[Se]CN1CCOCC1. The van der Waals surface area contributed by atoms with Gasteiger partial charge in [-0.25, -0.2) is 0 Å². The van der Waals surface area contributed by atoms with Crippen LogP contribution in [0.5, 0.6) is 0 Å². The van der Waals surface area contributed by atoms with Gasteiger partial charge in [-0.2, -0.15) is 0 Å². The Kier molecular flexibility index (Phi) is 5.32. The maximum absolute atomic E-state index is 10.6. The number of morpholine rings is 1. The fraction of sp³-hybridized carbons (Fsp3) is 0.667. The first-order chi connectivity index (χ1) is 6.29. The zero-order valence-corrected chi connectivity index (χ0v) is 9.58. The van der Waals surface area contributed by atoms with E-state index in [1.54, 1.807) is 13.0 Å². The van der Waals surface area contributed by atoms with Crippen molar-refractivity contribution in [1.82, 2.24) is 4.90 Å². The van der Waals surface area contributed by atoms with Crippen LogP contribution in [-0.4, -0.2) is 57.4 Å². The molecule has 4 heteroatoms. The van der Waals surface area contributed by atoms with Gasteiger partial charge in [-0.1, -0.05) is 0 Å². The summed E-state index contributed by atoms with van der Waals surface area (Å²) < 4.78 is 5.24. The molecule has 13 heavy (non-hydrogen) atoms. The summed E-state index contributed by atoms with van der Waals surface area (Å²) in [7, 11) is 0. The molecular weight excluding hydrogens is 233 g/mol.